The van der Waals surface area contributed by atoms with E-state index in [2.05, 4.69) is 44.6 Å². The maximum atomic E-state index is 5.99. The predicted octanol–water partition coefficient (Wildman–Crippen LogP) is 3.09. The minimum atomic E-state index is -0.0564. The molecule has 0 bridgehead atoms. The summed E-state index contributed by atoms with van der Waals surface area (Å²) in [5.41, 5.74) is 7.09. The lowest BCUT2D eigenvalue weighted by Gasteiger charge is -2.13. The molecule has 2 nitrogen and oxygen atoms in total. The first-order chi connectivity index (χ1) is 6.65. The molecule has 0 radical (unpaired) electrons. The maximum Gasteiger partial charge on any atom is 0.0659 e. The van der Waals surface area contributed by atoms with Crippen LogP contribution < -0.4 is 5.73 Å². The molecule has 0 heterocycles. The molecule has 1 aromatic rings. The maximum absolute atomic E-state index is 5.99. The average Bonchev–Trinajstić information content (AvgIpc) is 2.18. The zero-order valence-corrected chi connectivity index (χ0v) is 11.7. The van der Waals surface area contributed by atoms with Gasteiger partial charge in [-0.25, -0.2) is 0 Å². The lowest BCUT2D eigenvalue weighted by molar-refractivity contribution is 0.133. The number of hydrogen-bond acceptors (Lipinski definition) is 2. The minimum absolute atomic E-state index is 0.0564. The van der Waals surface area contributed by atoms with Crippen molar-refractivity contribution < 1.29 is 4.74 Å². The molecular formula is C10H13BrINO. The molecular weight excluding hydrogens is 357 g/mol. The third kappa shape index (κ3) is 3.49. The van der Waals surface area contributed by atoms with E-state index in [4.69, 9.17) is 10.5 Å². The second kappa shape index (κ2) is 6.05. The molecule has 0 aromatic heterocycles. The van der Waals surface area contributed by atoms with Crippen LogP contribution in [0.3, 0.4) is 0 Å². The van der Waals surface area contributed by atoms with Gasteiger partial charge in [0.1, 0.15) is 0 Å². The van der Waals surface area contributed by atoms with Crippen LogP contribution >= 0.6 is 38.5 Å². The highest BCUT2D eigenvalue weighted by Gasteiger charge is 2.09. The second-order valence-corrected chi connectivity index (χ2v) is 5.03. The lowest BCUT2D eigenvalue weighted by atomic mass is 10.1. The highest BCUT2D eigenvalue weighted by molar-refractivity contribution is 14.1. The number of hydrogen-bond donors (Lipinski definition) is 1. The quantitative estimate of drug-likeness (QED) is 0.827. The summed E-state index contributed by atoms with van der Waals surface area (Å²) < 4.78 is 7.53. The van der Waals surface area contributed by atoms with Crippen molar-refractivity contribution in [3.63, 3.8) is 0 Å². The van der Waals surface area contributed by atoms with Crippen LogP contribution in [0.4, 0.5) is 0 Å². The molecule has 2 N–H and O–H groups in total. The fourth-order valence-electron chi connectivity index (χ4n) is 1.13. The van der Waals surface area contributed by atoms with E-state index in [1.54, 1.807) is 0 Å². The van der Waals surface area contributed by atoms with Crippen molar-refractivity contribution >= 4 is 38.5 Å². The van der Waals surface area contributed by atoms with Gasteiger partial charge in [-0.15, -0.1) is 0 Å². The van der Waals surface area contributed by atoms with E-state index >= 15 is 0 Å². The van der Waals surface area contributed by atoms with E-state index in [9.17, 15) is 0 Å². The van der Waals surface area contributed by atoms with Crippen molar-refractivity contribution in [2.75, 3.05) is 13.2 Å². The van der Waals surface area contributed by atoms with Gasteiger partial charge in [-0.3, -0.25) is 0 Å². The summed E-state index contributed by atoms with van der Waals surface area (Å²) >= 11 is 5.76. The first-order valence-corrected chi connectivity index (χ1v) is 6.30. The Morgan fingerprint density at radius 3 is 2.93 bits per heavy atom. The molecule has 0 spiro atoms. The Morgan fingerprint density at radius 1 is 1.57 bits per heavy atom. The number of benzene rings is 1. The van der Waals surface area contributed by atoms with Gasteiger partial charge in [-0.05, 0) is 53.3 Å². The van der Waals surface area contributed by atoms with Crippen LogP contribution in [-0.2, 0) is 4.74 Å². The topological polar surface area (TPSA) is 35.2 Å². The highest BCUT2D eigenvalue weighted by Crippen LogP contribution is 2.24. The molecule has 4 heteroatoms. The van der Waals surface area contributed by atoms with Gasteiger partial charge in [0, 0.05) is 14.6 Å². The Kier molecular flexibility index (Phi) is 5.36. The van der Waals surface area contributed by atoms with E-state index in [-0.39, 0.29) is 6.04 Å². The smallest absolute Gasteiger partial charge is 0.0659 e. The fraction of sp³-hybridized carbons (Fsp3) is 0.400. The summed E-state index contributed by atoms with van der Waals surface area (Å²) in [4.78, 5) is 0. The van der Waals surface area contributed by atoms with E-state index in [0.29, 0.717) is 13.2 Å². The van der Waals surface area contributed by atoms with Gasteiger partial charge in [-0.2, -0.15) is 0 Å². The van der Waals surface area contributed by atoms with Crippen molar-refractivity contribution in [2.45, 2.75) is 13.0 Å². The van der Waals surface area contributed by atoms with Crippen LogP contribution in [0.15, 0.2) is 22.7 Å². The molecule has 78 valence electrons. The highest BCUT2D eigenvalue weighted by atomic mass is 127. The largest absolute Gasteiger partial charge is 0.380 e. The zero-order valence-electron chi connectivity index (χ0n) is 7.97. The van der Waals surface area contributed by atoms with Gasteiger partial charge in [0.15, 0.2) is 0 Å². The Hall–Kier alpha value is 0.350. The van der Waals surface area contributed by atoms with Gasteiger partial charge < -0.3 is 10.5 Å². The average molecular weight is 370 g/mol. The van der Waals surface area contributed by atoms with Crippen LogP contribution in [0.25, 0.3) is 0 Å². The van der Waals surface area contributed by atoms with Crippen molar-refractivity contribution in [2.24, 2.45) is 5.73 Å². The first-order valence-electron chi connectivity index (χ1n) is 4.43. The SMILES string of the molecule is CCOCC(N)c1cc(I)ccc1Br. The second-order valence-electron chi connectivity index (χ2n) is 2.93. The summed E-state index contributed by atoms with van der Waals surface area (Å²) in [6, 6.07) is 6.08. The predicted molar refractivity (Wildman–Crippen MR) is 70.3 cm³/mol. The van der Waals surface area contributed by atoms with E-state index in [1.807, 2.05) is 19.1 Å². The molecule has 0 amide bonds. The summed E-state index contributed by atoms with van der Waals surface area (Å²) in [7, 11) is 0. The Morgan fingerprint density at radius 2 is 2.29 bits per heavy atom. The van der Waals surface area contributed by atoms with Gasteiger partial charge in [0.2, 0.25) is 0 Å². The van der Waals surface area contributed by atoms with Crippen molar-refractivity contribution in [1.29, 1.82) is 0 Å². The third-order valence-electron chi connectivity index (χ3n) is 1.86. The standard InChI is InChI=1S/C10H13BrINO/c1-2-14-6-10(13)8-5-7(12)3-4-9(8)11/h3-5,10H,2,6,13H2,1H3. The molecule has 0 aliphatic heterocycles. The molecule has 0 aliphatic carbocycles. The number of nitrogens with two attached hydrogens (primary N) is 1. The fourth-order valence-corrected chi connectivity index (χ4v) is 2.19. The number of rotatable bonds is 4. The van der Waals surface area contributed by atoms with Crippen molar-refractivity contribution in [1.82, 2.24) is 0 Å². The summed E-state index contributed by atoms with van der Waals surface area (Å²) in [6.45, 7) is 3.24. The van der Waals surface area contributed by atoms with Gasteiger partial charge in [0.25, 0.3) is 0 Å². The zero-order chi connectivity index (χ0) is 10.6. The number of halogens is 2. The van der Waals surface area contributed by atoms with Gasteiger partial charge >= 0.3 is 0 Å². The minimum Gasteiger partial charge on any atom is -0.380 e. The van der Waals surface area contributed by atoms with Crippen LogP contribution in [0.5, 0.6) is 0 Å². The van der Waals surface area contributed by atoms with Gasteiger partial charge in [0.05, 0.1) is 12.6 Å². The Labute approximate surface area is 106 Å². The molecule has 1 unspecified atom stereocenters. The van der Waals surface area contributed by atoms with E-state index in [1.165, 1.54) is 3.57 Å². The Balaban J connectivity index is 2.77. The van der Waals surface area contributed by atoms with E-state index in [0.717, 1.165) is 10.0 Å². The van der Waals surface area contributed by atoms with Crippen LogP contribution in [0.2, 0.25) is 0 Å². The molecule has 1 rings (SSSR count). The molecule has 0 aliphatic rings. The summed E-state index contributed by atoms with van der Waals surface area (Å²) in [5.74, 6) is 0. The molecule has 0 saturated carbocycles. The molecule has 0 fully saturated rings. The monoisotopic (exact) mass is 369 g/mol. The number of ether oxygens (including phenoxy) is 1. The first kappa shape index (κ1) is 12.4. The molecule has 1 atom stereocenters. The molecule has 0 saturated heterocycles. The normalized spacial score (nSPS) is 12.9. The summed E-state index contributed by atoms with van der Waals surface area (Å²) in [5, 5.41) is 0. The van der Waals surface area contributed by atoms with Crippen LogP contribution in [0.1, 0.15) is 18.5 Å². The van der Waals surface area contributed by atoms with E-state index < -0.39 is 0 Å². The third-order valence-corrected chi connectivity index (χ3v) is 3.25. The van der Waals surface area contributed by atoms with Crippen molar-refractivity contribution in [3.05, 3.63) is 31.8 Å². The van der Waals surface area contributed by atoms with Crippen molar-refractivity contribution in [3.8, 4) is 0 Å². The Bertz CT molecular complexity index is 306. The lowest BCUT2D eigenvalue weighted by Crippen LogP contribution is -2.17. The van der Waals surface area contributed by atoms with Gasteiger partial charge in [-0.1, -0.05) is 15.9 Å². The summed E-state index contributed by atoms with van der Waals surface area (Å²) in [6.07, 6.45) is 0. The molecule has 1 aromatic carbocycles. The molecule has 14 heavy (non-hydrogen) atoms. The van der Waals surface area contributed by atoms with Crippen LogP contribution in [0, 0.1) is 3.57 Å². The van der Waals surface area contributed by atoms with Crippen LogP contribution in [-0.4, -0.2) is 13.2 Å².